The van der Waals surface area contributed by atoms with E-state index in [1.54, 1.807) is 31.4 Å². The molecule has 98 valence electrons. The predicted molar refractivity (Wildman–Crippen MR) is 61.0 cm³/mol. The Balaban J connectivity index is 2.39. The Labute approximate surface area is 103 Å². The van der Waals surface area contributed by atoms with E-state index in [1.807, 2.05) is 0 Å². The Kier molecular flexibility index (Phi) is 3.08. The molecule has 0 saturated heterocycles. The molecule has 0 aromatic heterocycles. The lowest BCUT2D eigenvalue weighted by Gasteiger charge is -2.23. The van der Waals surface area contributed by atoms with Crippen molar-refractivity contribution in [3.8, 4) is 0 Å². The largest absolute Gasteiger partial charge is 0.416 e. The molecule has 1 aliphatic heterocycles. The van der Waals surface area contributed by atoms with Crippen LogP contribution in [0.3, 0.4) is 0 Å². The molecular formula is C12H13F3N2O. The average molecular weight is 258 g/mol. The molecule has 1 aliphatic rings. The number of aliphatic hydroxyl groups excluding tert-OH is 1. The second kappa shape index (κ2) is 4.29. The Bertz CT molecular complexity index is 484. The van der Waals surface area contributed by atoms with Crippen LogP contribution in [0.4, 0.5) is 13.2 Å². The third-order valence-corrected chi connectivity index (χ3v) is 2.98. The SMILES string of the molecule is CN1C=C(c2cccc(C(F)(F)F)c2)C(O)N1C. The number of benzene rings is 1. The van der Waals surface area contributed by atoms with Crippen molar-refractivity contribution in [3.63, 3.8) is 0 Å². The van der Waals surface area contributed by atoms with E-state index in [9.17, 15) is 18.3 Å². The first-order valence-electron chi connectivity index (χ1n) is 5.33. The fourth-order valence-corrected chi connectivity index (χ4v) is 1.83. The summed E-state index contributed by atoms with van der Waals surface area (Å²) in [6.07, 6.45) is -3.70. The molecule has 0 fully saturated rings. The monoisotopic (exact) mass is 258 g/mol. The van der Waals surface area contributed by atoms with Crippen molar-refractivity contribution in [1.82, 2.24) is 10.0 Å². The van der Waals surface area contributed by atoms with Crippen molar-refractivity contribution < 1.29 is 18.3 Å². The Morgan fingerprint density at radius 1 is 1.22 bits per heavy atom. The van der Waals surface area contributed by atoms with Crippen LogP contribution in [0.15, 0.2) is 30.5 Å². The maximum atomic E-state index is 12.6. The fraction of sp³-hybridized carbons (Fsp3) is 0.333. The van der Waals surface area contributed by atoms with Gasteiger partial charge in [0.1, 0.15) is 0 Å². The highest BCUT2D eigenvalue weighted by molar-refractivity contribution is 5.70. The van der Waals surface area contributed by atoms with Crippen LogP contribution < -0.4 is 0 Å². The first-order valence-corrected chi connectivity index (χ1v) is 5.33. The van der Waals surface area contributed by atoms with Gasteiger partial charge in [0.25, 0.3) is 0 Å². The molecule has 0 radical (unpaired) electrons. The molecule has 3 nitrogen and oxygen atoms in total. The highest BCUT2D eigenvalue weighted by atomic mass is 19.4. The van der Waals surface area contributed by atoms with Crippen LogP contribution in [0.25, 0.3) is 5.57 Å². The Hall–Kier alpha value is -1.53. The summed E-state index contributed by atoms with van der Waals surface area (Å²) < 4.78 is 37.8. The minimum atomic E-state index is -4.38. The van der Waals surface area contributed by atoms with Gasteiger partial charge in [-0.05, 0) is 17.7 Å². The van der Waals surface area contributed by atoms with Gasteiger partial charge in [0.15, 0.2) is 6.23 Å². The summed E-state index contributed by atoms with van der Waals surface area (Å²) >= 11 is 0. The number of alkyl halides is 3. The van der Waals surface area contributed by atoms with Crippen LogP contribution in [0.1, 0.15) is 11.1 Å². The zero-order chi connectivity index (χ0) is 13.5. The van der Waals surface area contributed by atoms with Gasteiger partial charge in [-0.1, -0.05) is 12.1 Å². The molecule has 0 spiro atoms. The third-order valence-electron chi connectivity index (χ3n) is 2.98. The molecule has 1 atom stereocenters. The van der Waals surface area contributed by atoms with Crippen molar-refractivity contribution >= 4 is 5.57 Å². The summed E-state index contributed by atoms with van der Waals surface area (Å²) in [5.74, 6) is 0. The van der Waals surface area contributed by atoms with Crippen LogP contribution >= 0.6 is 0 Å². The zero-order valence-electron chi connectivity index (χ0n) is 9.94. The molecule has 1 N–H and O–H groups in total. The third kappa shape index (κ3) is 2.21. The van der Waals surface area contributed by atoms with Crippen LogP contribution in [-0.4, -0.2) is 35.4 Å². The summed E-state index contributed by atoms with van der Waals surface area (Å²) in [6.45, 7) is 0. The Morgan fingerprint density at radius 2 is 1.89 bits per heavy atom. The lowest BCUT2D eigenvalue weighted by atomic mass is 10.0. The molecule has 0 aliphatic carbocycles. The summed E-state index contributed by atoms with van der Waals surface area (Å²) in [4.78, 5) is 0. The highest BCUT2D eigenvalue weighted by Crippen LogP contribution is 2.33. The minimum absolute atomic E-state index is 0.369. The lowest BCUT2D eigenvalue weighted by Crippen LogP contribution is -2.35. The molecule has 1 aromatic rings. The van der Waals surface area contributed by atoms with Crippen molar-refractivity contribution in [3.05, 3.63) is 41.6 Å². The molecule has 1 heterocycles. The second-order valence-electron chi connectivity index (χ2n) is 4.18. The fourth-order valence-electron chi connectivity index (χ4n) is 1.83. The van der Waals surface area contributed by atoms with Gasteiger partial charge in [0.05, 0.1) is 5.56 Å². The molecule has 0 saturated carbocycles. The van der Waals surface area contributed by atoms with Gasteiger partial charge in [-0.2, -0.15) is 18.2 Å². The number of hydrogen-bond donors (Lipinski definition) is 1. The highest BCUT2D eigenvalue weighted by Gasteiger charge is 2.32. The number of likely N-dealkylation sites (N-methyl/N-ethyl adjacent to an activating group) is 1. The number of nitrogens with zero attached hydrogens (tertiary/aromatic N) is 2. The van der Waals surface area contributed by atoms with Gasteiger partial charge in [0.2, 0.25) is 0 Å². The summed E-state index contributed by atoms with van der Waals surface area (Å²) in [7, 11) is 3.37. The first kappa shape index (κ1) is 12.9. The molecule has 6 heteroatoms. The van der Waals surface area contributed by atoms with E-state index >= 15 is 0 Å². The normalized spacial score (nSPS) is 21.3. The standard InChI is InChI=1S/C12H13F3N2O/c1-16-7-10(11(18)17(16)2)8-4-3-5-9(6-8)12(13,14)15/h3-7,11,18H,1-2H3. The van der Waals surface area contributed by atoms with E-state index in [0.29, 0.717) is 11.1 Å². The number of rotatable bonds is 1. The Morgan fingerprint density at radius 3 is 2.39 bits per heavy atom. The molecule has 0 bridgehead atoms. The van der Waals surface area contributed by atoms with Gasteiger partial charge in [-0.25, -0.2) is 0 Å². The minimum Gasteiger partial charge on any atom is -0.372 e. The molecule has 18 heavy (non-hydrogen) atoms. The lowest BCUT2D eigenvalue weighted by molar-refractivity contribution is -0.137. The summed E-state index contributed by atoms with van der Waals surface area (Å²) in [6, 6.07) is 4.95. The molecule has 1 aromatic carbocycles. The quantitative estimate of drug-likeness (QED) is 0.836. The van der Waals surface area contributed by atoms with Gasteiger partial charge in [-0.15, -0.1) is 0 Å². The van der Waals surface area contributed by atoms with E-state index < -0.39 is 18.0 Å². The topological polar surface area (TPSA) is 26.7 Å². The van der Waals surface area contributed by atoms with Gasteiger partial charge in [-0.3, -0.25) is 0 Å². The van der Waals surface area contributed by atoms with Crippen molar-refractivity contribution in [1.29, 1.82) is 0 Å². The van der Waals surface area contributed by atoms with Crippen LogP contribution in [-0.2, 0) is 6.18 Å². The van der Waals surface area contributed by atoms with E-state index in [2.05, 4.69) is 0 Å². The smallest absolute Gasteiger partial charge is 0.372 e. The maximum absolute atomic E-state index is 12.6. The molecule has 2 rings (SSSR count). The van der Waals surface area contributed by atoms with E-state index in [1.165, 1.54) is 11.1 Å². The first-order chi connectivity index (χ1) is 8.30. The predicted octanol–water partition coefficient (Wildman–Crippen LogP) is 2.16. The van der Waals surface area contributed by atoms with Gasteiger partial charge >= 0.3 is 6.18 Å². The summed E-state index contributed by atoms with van der Waals surface area (Å²) in [5, 5.41) is 13.1. The summed E-state index contributed by atoms with van der Waals surface area (Å²) in [5.41, 5.74) is 0.102. The average Bonchev–Trinajstić information content (AvgIpc) is 2.56. The molecule has 0 amide bonds. The second-order valence-corrected chi connectivity index (χ2v) is 4.18. The van der Waals surface area contributed by atoms with Gasteiger partial charge in [0, 0.05) is 25.9 Å². The van der Waals surface area contributed by atoms with Crippen molar-refractivity contribution in [2.24, 2.45) is 0 Å². The maximum Gasteiger partial charge on any atom is 0.416 e. The zero-order valence-corrected chi connectivity index (χ0v) is 9.94. The van der Waals surface area contributed by atoms with Crippen LogP contribution in [0.2, 0.25) is 0 Å². The molecular weight excluding hydrogens is 245 g/mol. The number of halogens is 3. The molecule has 1 unspecified atom stereocenters. The van der Waals surface area contributed by atoms with Crippen molar-refractivity contribution in [2.75, 3.05) is 14.1 Å². The van der Waals surface area contributed by atoms with Crippen LogP contribution in [0, 0.1) is 0 Å². The van der Waals surface area contributed by atoms with Gasteiger partial charge < -0.3 is 10.1 Å². The van der Waals surface area contributed by atoms with E-state index in [-0.39, 0.29) is 0 Å². The van der Waals surface area contributed by atoms with E-state index in [4.69, 9.17) is 0 Å². The number of hydrazine groups is 1. The van der Waals surface area contributed by atoms with E-state index in [0.717, 1.165) is 12.1 Å². The van der Waals surface area contributed by atoms with Crippen LogP contribution in [0.5, 0.6) is 0 Å². The van der Waals surface area contributed by atoms with Crippen molar-refractivity contribution in [2.45, 2.75) is 12.4 Å². The number of aliphatic hydroxyl groups is 1. The number of hydrogen-bond acceptors (Lipinski definition) is 3.